The van der Waals surface area contributed by atoms with Crippen LogP contribution in [0.5, 0.6) is 0 Å². The van der Waals surface area contributed by atoms with Gasteiger partial charge in [0.15, 0.2) is 0 Å². The number of nitrogens with one attached hydrogen (secondary N) is 1. The second kappa shape index (κ2) is 6.15. The van der Waals surface area contributed by atoms with Gasteiger partial charge in [0, 0.05) is 11.7 Å². The molecule has 0 unspecified atom stereocenters. The van der Waals surface area contributed by atoms with Gasteiger partial charge in [-0.1, -0.05) is 12.5 Å². The number of anilines is 1. The molecule has 0 aromatic heterocycles. The summed E-state index contributed by atoms with van der Waals surface area (Å²) < 4.78 is 13.4. The minimum absolute atomic E-state index is 0.0722. The van der Waals surface area contributed by atoms with Crippen LogP contribution in [0.1, 0.15) is 31.7 Å². The smallest absolute Gasteiger partial charge is 0.238 e. The van der Waals surface area contributed by atoms with Gasteiger partial charge in [0.25, 0.3) is 0 Å². The van der Waals surface area contributed by atoms with E-state index >= 15 is 0 Å². The summed E-state index contributed by atoms with van der Waals surface area (Å²) in [6.07, 6.45) is 3.53. The second-order valence-corrected chi connectivity index (χ2v) is 5.33. The zero-order valence-corrected chi connectivity index (χ0v) is 11.6. The van der Waals surface area contributed by atoms with Gasteiger partial charge in [0.1, 0.15) is 5.82 Å². The molecular formula is C15H21FN2O. The Kier molecular flexibility index (Phi) is 4.53. The number of hydrogen-bond donors (Lipinski definition) is 1. The predicted molar refractivity (Wildman–Crippen MR) is 74.7 cm³/mol. The Morgan fingerprint density at radius 2 is 2.26 bits per heavy atom. The van der Waals surface area contributed by atoms with Crippen molar-refractivity contribution < 1.29 is 9.18 Å². The number of aryl methyl sites for hydroxylation is 1. The van der Waals surface area contributed by atoms with Crippen LogP contribution in [0.25, 0.3) is 0 Å². The third-order valence-corrected chi connectivity index (χ3v) is 3.74. The molecule has 1 saturated heterocycles. The van der Waals surface area contributed by atoms with Gasteiger partial charge in [0.05, 0.1) is 6.54 Å². The van der Waals surface area contributed by atoms with Crippen LogP contribution >= 0.6 is 0 Å². The van der Waals surface area contributed by atoms with Crippen molar-refractivity contribution in [2.75, 3.05) is 18.4 Å². The van der Waals surface area contributed by atoms with Gasteiger partial charge in [-0.15, -0.1) is 0 Å². The lowest BCUT2D eigenvalue weighted by Gasteiger charge is -2.32. The Morgan fingerprint density at radius 1 is 1.47 bits per heavy atom. The van der Waals surface area contributed by atoms with Crippen molar-refractivity contribution in [3.8, 4) is 0 Å². The molecule has 0 saturated carbocycles. The van der Waals surface area contributed by atoms with Crippen molar-refractivity contribution in [1.29, 1.82) is 0 Å². The second-order valence-electron chi connectivity index (χ2n) is 5.33. The number of rotatable bonds is 3. The Bertz CT molecular complexity index is 461. The van der Waals surface area contributed by atoms with E-state index in [0.717, 1.165) is 19.4 Å². The van der Waals surface area contributed by atoms with Crippen LogP contribution in [0.3, 0.4) is 0 Å². The molecule has 1 N–H and O–H groups in total. The van der Waals surface area contributed by atoms with E-state index in [9.17, 15) is 9.18 Å². The fraction of sp³-hybridized carbons (Fsp3) is 0.533. The molecule has 19 heavy (non-hydrogen) atoms. The third-order valence-electron chi connectivity index (χ3n) is 3.74. The van der Waals surface area contributed by atoms with Crippen molar-refractivity contribution in [1.82, 2.24) is 4.90 Å². The molecule has 104 valence electrons. The molecule has 4 heteroatoms. The van der Waals surface area contributed by atoms with Crippen LogP contribution in [0, 0.1) is 12.7 Å². The van der Waals surface area contributed by atoms with E-state index in [0.29, 0.717) is 23.8 Å². The Morgan fingerprint density at radius 3 is 2.95 bits per heavy atom. The predicted octanol–water partition coefficient (Wildman–Crippen LogP) is 2.95. The minimum atomic E-state index is -0.288. The lowest BCUT2D eigenvalue weighted by molar-refractivity contribution is -0.118. The molecule has 0 spiro atoms. The maximum atomic E-state index is 13.4. The fourth-order valence-electron chi connectivity index (χ4n) is 2.45. The first-order valence-corrected chi connectivity index (χ1v) is 6.86. The highest BCUT2D eigenvalue weighted by atomic mass is 19.1. The summed E-state index contributed by atoms with van der Waals surface area (Å²) in [5.74, 6) is -0.360. The van der Waals surface area contributed by atoms with Gasteiger partial charge in [-0.2, -0.15) is 0 Å². The lowest BCUT2D eigenvalue weighted by atomic mass is 10.0. The number of amides is 1. The molecule has 1 aromatic rings. The largest absolute Gasteiger partial charge is 0.325 e. The number of carbonyl (C=O) groups excluding carboxylic acids is 1. The number of nitrogens with zero attached hydrogens (tertiary/aromatic N) is 1. The van der Waals surface area contributed by atoms with Gasteiger partial charge in [-0.05, 0) is 50.9 Å². The average molecular weight is 264 g/mol. The Balaban J connectivity index is 1.91. The molecule has 0 bridgehead atoms. The SMILES string of the molecule is Cc1ccc(NC(=O)CN2CCCC[C@H]2C)cc1F. The molecule has 2 rings (SSSR count). The summed E-state index contributed by atoms with van der Waals surface area (Å²) in [4.78, 5) is 14.1. The summed E-state index contributed by atoms with van der Waals surface area (Å²) >= 11 is 0. The number of halogens is 1. The molecule has 1 heterocycles. The molecule has 0 radical (unpaired) electrons. The first kappa shape index (κ1) is 14.0. The summed E-state index contributed by atoms with van der Waals surface area (Å²) in [5.41, 5.74) is 1.11. The Labute approximate surface area is 113 Å². The molecule has 1 aliphatic heterocycles. The Hall–Kier alpha value is -1.42. The number of piperidine rings is 1. The number of likely N-dealkylation sites (tertiary alicyclic amines) is 1. The summed E-state index contributed by atoms with van der Waals surface area (Å²) in [6.45, 7) is 5.21. The van der Waals surface area contributed by atoms with E-state index in [1.165, 1.54) is 12.5 Å². The van der Waals surface area contributed by atoms with Crippen molar-refractivity contribution >= 4 is 11.6 Å². The van der Waals surface area contributed by atoms with E-state index in [2.05, 4.69) is 17.1 Å². The molecule has 1 aromatic carbocycles. The summed E-state index contributed by atoms with van der Waals surface area (Å²) in [6, 6.07) is 5.23. The van der Waals surface area contributed by atoms with Crippen molar-refractivity contribution in [2.45, 2.75) is 39.2 Å². The van der Waals surface area contributed by atoms with E-state index < -0.39 is 0 Å². The molecule has 1 amide bonds. The monoisotopic (exact) mass is 264 g/mol. The lowest BCUT2D eigenvalue weighted by Crippen LogP contribution is -2.42. The standard InChI is InChI=1S/C15H21FN2O/c1-11-6-7-13(9-14(11)16)17-15(19)10-18-8-4-3-5-12(18)2/h6-7,9,12H,3-5,8,10H2,1-2H3,(H,17,19)/t12-/m1/s1. The third kappa shape index (κ3) is 3.77. The van der Waals surface area contributed by atoms with Crippen LogP contribution in [0.15, 0.2) is 18.2 Å². The number of carbonyl (C=O) groups is 1. The average Bonchev–Trinajstić information content (AvgIpc) is 2.37. The molecule has 1 fully saturated rings. The van der Waals surface area contributed by atoms with Gasteiger partial charge < -0.3 is 5.32 Å². The minimum Gasteiger partial charge on any atom is -0.325 e. The highest BCUT2D eigenvalue weighted by Crippen LogP contribution is 2.17. The first-order valence-electron chi connectivity index (χ1n) is 6.86. The van der Waals surface area contributed by atoms with Gasteiger partial charge >= 0.3 is 0 Å². The van der Waals surface area contributed by atoms with Crippen LogP contribution in [-0.4, -0.2) is 29.9 Å². The highest BCUT2D eigenvalue weighted by molar-refractivity contribution is 5.92. The van der Waals surface area contributed by atoms with Gasteiger partial charge in [-0.3, -0.25) is 9.69 Å². The first-order chi connectivity index (χ1) is 9.06. The van der Waals surface area contributed by atoms with Crippen LogP contribution in [-0.2, 0) is 4.79 Å². The van der Waals surface area contributed by atoms with Crippen LogP contribution < -0.4 is 5.32 Å². The quantitative estimate of drug-likeness (QED) is 0.910. The van der Waals surface area contributed by atoms with Crippen molar-refractivity contribution in [2.24, 2.45) is 0 Å². The summed E-state index contributed by atoms with van der Waals surface area (Å²) in [5, 5.41) is 2.76. The van der Waals surface area contributed by atoms with Gasteiger partial charge in [0.2, 0.25) is 5.91 Å². The zero-order chi connectivity index (χ0) is 13.8. The van der Waals surface area contributed by atoms with Gasteiger partial charge in [-0.25, -0.2) is 4.39 Å². The molecule has 3 nitrogen and oxygen atoms in total. The highest BCUT2D eigenvalue weighted by Gasteiger charge is 2.20. The normalized spacial score (nSPS) is 20.3. The van der Waals surface area contributed by atoms with E-state index in [1.807, 2.05) is 0 Å². The summed E-state index contributed by atoms with van der Waals surface area (Å²) in [7, 11) is 0. The van der Waals surface area contributed by atoms with E-state index in [4.69, 9.17) is 0 Å². The number of hydrogen-bond acceptors (Lipinski definition) is 2. The van der Waals surface area contributed by atoms with E-state index in [-0.39, 0.29) is 11.7 Å². The van der Waals surface area contributed by atoms with Crippen molar-refractivity contribution in [3.05, 3.63) is 29.6 Å². The molecule has 1 aliphatic rings. The topological polar surface area (TPSA) is 32.3 Å². The van der Waals surface area contributed by atoms with Crippen molar-refractivity contribution in [3.63, 3.8) is 0 Å². The van der Waals surface area contributed by atoms with Crippen LogP contribution in [0.2, 0.25) is 0 Å². The molecular weight excluding hydrogens is 243 g/mol. The molecule has 1 atom stereocenters. The number of benzene rings is 1. The molecule has 0 aliphatic carbocycles. The van der Waals surface area contributed by atoms with E-state index in [1.54, 1.807) is 19.1 Å². The fourth-order valence-corrected chi connectivity index (χ4v) is 2.45. The maximum absolute atomic E-state index is 13.4. The maximum Gasteiger partial charge on any atom is 0.238 e. The van der Waals surface area contributed by atoms with Crippen LogP contribution in [0.4, 0.5) is 10.1 Å². The zero-order valence-electron chi connectivity index (χ0n) is 11.6.